The molecule has 0 aliphatic carbocycles. The maximum absolute atomic E-state index is 12.8. The third-order valence-electron chi connectivity index (χ3n) is 4.03. The summed E-state index contributed by atoms with van der Waals surface area (Å²) < 4.78 is 5.32. The summed E-state index contributed by atoms with van der Waals surface area (Å²) in [6, 6.07) is 11.0. The van der Waals surface area contributed by atoms with Gasteiger partial charge in [0.1, 0.15) is 11.5 Å². The zero-order valence-electron chi connectivity index (χ0n) is 15.1. The number of carbonyl (C=O) groups excluding carboxylic acids is 2. The van der Waals surface area contributed by atoms with E-state index in [9.17, 15) is 19.5 Å². The number of anilines is 1. The molecule has 0 radical (unpaired) electrons. The molecule has 2 aromatic carbocycles. The quantitative estimate of drug-likeness (QED) is 0.737. The molecular formula is C20H17NO6S. The van der Waals surface area contributed by atoms with Gasteiger partial charge in [0.25, 0.3) is 11.1 Å². The third kappa shape index (κ3) is 4.01. The van der Waals surface area contributed by atoms with E-state index in [0.717, 1.165) is 16.7 Å². The van der Waals surface area contributed by atoms with Crippen molar-refractivity contribution in [1.29, 1.82) is 0 Å². The van der Waals surface area contributed by atoms with Crippen molar-refractivity contribution in [3.8, 4) is 11.5 Å². The Balaban J connectivity index is 1.87. The van der Waals surface area contributed by atoms with E-state index in [1.807, 2.05) is 0 Å². The molecule has 0 aromatic heterocycles. The highest BCUT2D eigenvalue weighted by atomic mass is 32.2. The Morgan fingerprint density at radius 1 is 1.21 bits per heavy atom. The van der Waals surface area contributed by atoms with Gasteiger partial charge in [-0.25, -0.2) is 9.69 Å². The minimum Gasteiger partial charge on any atom is -0.508 e. The number of amides is 2. The first-order chi connectivity index (χ1) is 13.3. The second kappa shape index (κ2) is 7.77. The van der Waals surface area contributed by atoms with Gasteiger partial charge in [-0.3, -0.25) is 9.59 Å². The van der Waals surface area contributed by atoms with E-state index in [1.165, 1.54) is 25.1 Å². The van der Waals surface area contributed by atoms with E-state index >= 15 is 0 Å². The average Bonchev–Trinajstić information content (AvgIpc) is 2.89. The zero-order valence-corrected chi connectivity index (χ0v) is 15.9. The van der Waals surface area contributed by atoms with Crippen LogP contribution in [0.15, 0.2) is 47.4 Å². The number of thioether (sulfide) groups is 1. The molecule has 1 fully saturated rings. The lowest BCUT2D eigenvalue weighted by molar-refractivity contribution is -0.144. The van der Waals surface area contributed by atoms with Crippen molar-refractivity contribution in [2.75, 3.05) is 4.90 Å². The third-order valence-corrected chi connectivity index (χ3v) is 4.90. The minimum atomic E-state index is -1.09. The number of benzene rings is 2. The molecule has 3 rings (SSSR count). The number of phenolic OH excluding ortho intramolecular Hbond substituents is 1. The van der Waals surface area contributed by atoms with Crippen LogP contribution >= 0.6 is 11.8 Å². The zero-order chi connectivity index (χ0) is 20.4. The first-order valence-electron chi connectivity index (χ1n) is 8.33. The highest BCUT2D eigenvalue weighted by molar-refractivity contribution is 8.19. The van der Waals surface area contributed by atoms with Crippen LogP contribution in [-0.2, 0) is 9.59 Å². The fourth-order valence-electron chi connectivity index (χ4n) is 2.65. The van der Waals surface area contributed by atoms with Crippen LogP contribution < -0.4 is 9.64 Å². The Hall–Kier alpha value is -3.26. The summed E-state index contributed by atoms with van der Waals surface area (Å²) in [6.07, 6.45) is 0.541. The number of phenols is 1. The molecule has 0 bridgehead atoms. The molecule has 1 heterocycles. The van der Waals surface area contributed by atoms with E-state index in [0.29, 0.717) is 22.6 Å². The monoisotopic (exact) mass is 399 g/mol. The molecule has 1 aliphatic rings. The second-order valence-electron chi connectivity index (χ2n) is 6.16. The van der Waals surface area contributed by atoms with Gasteiger partial charge in [-0.05, 0) is 73.1 Å². The molecule has 2 amide bonds. The number of aryl methyl sites for hydroxylation is 1. The highest BCUT2D eigenvalue weighted by Crippen LogP contribution is 2.38. The topological polar surface area (TPSA) is 104 Å². The predicted molar refractivity (Wildman–Crippen MR) is 105 cm³/mol. The summed E-state index contributed by atoms with van der Waals surface area (Å²) in [5.41, 5.74) is 1.61. The number of ether oxygens (including phenoxy) is 1. The van der Waals surface area contributed by atoms with Gasteiger partial charge in [-0.2, -0.15) is 0 Å². The lowest BCUT2D eigenvalue weighted by Crippen LogP contribution is -2.28. The number of imide groups is 1. The molecule has 2 aromatic rings. The van der Waals surface area contributed by atoms with Gasteiger partial charge in [0.2, 0.25) is 0 Å². The van der Waals surface area contributed by atoms with Crippen molar-refractivity contribution < 1.29 is 29.3 Å². The lowest BCUT2D eigenvalue weighted by Gasteiger charge is -2.15. The van der Waals surface area contributed by atoms with Crippen LogP contribution in [0.2, 0.25) is 0 Å². The molecular weight excluding hydrogens is 382 g/mol. The van der Waals surface area contributed by atoms with Gasteiger partial charge >= 0.3 is 5.97 Å². The van der Waals surface area contributed by atoms with Crippen molar-refractivity contribution in [1.82, 2.24) is 0 Å². The maximum Gasteiger partial charge on any atom is 0.344 e. The van der Waals surface area contributed by atoms with Gasteiger partial charge in [-0.1, -0.05) is 12.1 Å². The number of aliphatic carboxylic acids is 1. The first kappa shape index (κ1) is 19.5. The Morgan fingerprint density at radius 3 is 2.64 bits per heavy atom. The van der Waals surface area contributed by atoms with E-state index in [4.69, 9.17) is 9.84 Å². The van der Waals surface area contributed by atoms with E-state index < -0.39 is 23.2 Å². The number of hydrogen-bond donors (Lipinski definition) is 2. The summed E-state index contributed by atoms with van der Waals surface area (Å²) in [5.74, 6) is -1.15. The van der Waals surface area contributed by atoms with Crippen molar-refractivity contribution >= 4 is 40.6 Å². The molecule has 8 heteroatoms. The normalized spacial score (nSPS) is 16.5. The molecule has 0 saturated carbocycles. The minimum absolute atomic E-state index is 0.0520. The standard InChI is InChI=1S/C20H17NO6S/c1-11-8-14(22)6-7-16(11)21-18(23)17(28-20(21)26)10-13-4-3-5-15(9-13)27-12(2)19(24)25/h3-10,12,22H,1-2H3,(H,24,25)/b17-10+. The van der Waals surface area contributed by atoms with Crippen molar-refractivity contribution in [3.05, 3.63) is 58.5 Å². The van der Waals surface area contributed by atoms with Crippen LogP contribution in [0.4, 0.5) is 10.5 Å². The Kier molecular flexibility index (Phi) is 5.41. The van der Waals surface area contributed by atoms with Crippen molar-refractivity contribution in [2.24, 2.45) is 0 Å². The molecule has 28 heavy (non-hydrogen) atoms. The van der Waals surface area contributed by atoms with E-state index in [-0.39, 0.29) is 10.7 Å². The molecule has 1 aliphatic heterocycles. The summed E-state index contributed by atoms with van der Waals surface area (Å²) in [5, 5.41) is 18.0. The number of hydrogen-bond acceptors (Lipinski definition) is 6. The molecule has 1 saturated heterocycles. The largest absolute Gasteiger partial charge is 0.508 e. The van der Waals surface area contributed by atoms with Gasteiger partial charge in [-0.15, -0.1) is 0 Å². The maximum atomic E-state index is 12.8. The molecule has 0 spiro atoms. The lowest BCUT2D eigenvalue weighted by atomic mass is 10.1. The van der Waals surface area contributed by atoms with Crippen LogP contribution in [0.1, 0.15) is 18.1 Å². The van der Waals surface area contributed by atoms with Crippen molar-refractivity contribution in [2.45, 2.75) is 20.0 Å². The van der Waals surface area contributed by atoms with Crippen LogP contribution in [0, 0.1) is 6.92 Å². The van der Waals surface area contributed by atoms with E-state index in [1.54, 1.807) is 37.3 Å². The Bertz CT molecular complexity index is 1000. The first-order valence-corrected chi connectivity index (χ1v) is 9.15. The number of carboxylic acids is 1. The van der Waals surface area contributed by atoms with E-state index in [2.05, 4.69) is 0 Å². The predicted octanol–water partition coefficient (Wildman–Crippen LogP) is 3.79. The van der Waals surface area contributed by atoms with Crippen molar-refractivity contribution in [3.63, 3.8) is 0 Å². The summed E-state index contributed by atoms with van der Waals surface area (Å²) >= 11 is 0.810. The van der Waals surface area contributed by atoms with Gasteiger partial charge in [0, 0.05) is 0 Å². The summed E-state index contributed by atoms with van der Waals surface area (Å²) in [7, 11) is 0. The number of nitrogens with zero attached hydrogens (tertiary/aromatic N) is 1. The van der Waals surface area contributed by atoms with Crippen LogP contribution in [-0.4, -0.2) is 33.4 Å². The van der Waals surface area contributed by atoms with Crippen LogP contribution in [0.25, 0.3) is 6.08 Å². The fraction of sp³-hybridized carbons (Fsp3) is 0.150. The Morgan fingerprint density at radius 2 is 1.96 bits per heavy atom. The summed E-state index contributed by atoms with van der Waals surface area (Å²) in [6.45, 7) is 3.12. The SMILES string of the molecule is Cc1cc(O)ccc1N1C(=O)S/C(=C/c2cccc(OC(C)C(=O)O)c2)C1=O. The van der Waals surface area contributed by atoms with Gasteiger partial charge in [0.15, 0.2) is 6.10 Å². The Labute approximate surface area is 165 Å². The van der Waals surface area contributed by atoms with Crippen LogP contribution in [0.3, 0.4) is 0 Å². The fourth-order valence-corrected chi connectivity index (χ4v) is 3.48. The number of aromatic hydroxyl groups is 1. The second-order valence-corrected chi connectivity index (χ2v) is 7.15. The molecule has 2 N–H and O–H groups in total. The number of carbonyl (C=O) groups is 3. The molecule has 1 unspecified atom stereocenters. The molecule has 144 valence electrons. The summed E-state index contributed by atoms with van der Waals surface area (Å²) in [4.78, 5) is 37.4. The smallest absolute Gasteiger partial charge is 0.344 e. The van der Waals surface area contributed by atoms with Gasteiger partial charge in [0.05, 0.1) is 10.6 Å². The van der Waals surface area contributed by atoms with Crippen LogP contribution in [0.5, 0.6) is 11.5 Å². The molecule has 7 nitrogen and oxygen atoms in total. The molecule has 1 atom stereocenters. The highest BCUT2D eigenvalue weighted by Gasteiger charge is 2.37. The number of rotatable bonds is 5. The average molecular weight is 399 g/mol. The van der Waals surface area contributed by atoms with Gasteiger partial charge < -0.3 is 14.9 Å². The number of carboxylic acid groups (broad SMARTS) is 1.